The first-order valence-electron chi connectivity index (χ1n) is 6.58. The van der Waals surface area contributed by atoms with Crippen LogP contribution in [0.15, 0.2) is 30.3 Å². The number of aliphatic hydroxyl groups is 1. The van der Waals surface area contributed by atoms with Crippen LogP contribution < -0.4 is 5.32 Å². The van der Waals surface area contributed by atoms with Gasteiger partial charge in [-0.3, -0.25) is 0 Å². The van der Waals surface area contributed by atoms with Gasteiger partial charge in [-0.1, -0.05) is 30.3 Å². The fraction of sp³-hybridized carbons (Fsp3) is 0.600. The van der Waals surface area contributed by atoms with Crippen LogP contribution in [0.5, 0.6) is 0 Å². The molecule has 0 aromatic heterocycles. The van der Waals surface area contributed by atoms with Crippen LogP contribution in [0.3, 0.4) is 0 Å². The van der Waals surface area contributed by atoms with E-state index in [2.05, 4.69) is 31.2 Å². The number of hydrogen-bond acceptors (Lipinski definition) is 3. The van der Waals surface area contributed by atoms with Crippen molar-refractivity contribution in [1.82, 2.24) is 10.2 Å². The molecule has 0 spiro atoms. The minimum atomic E-state index is -0.812. The minimum absolute atomic E-state index is 0.405. The lowest BCUT2D eigenvalue weighted by molar-refractivity contribution is 0.0538. The number of nitrogens with one attached hydrogen (secondary N) is 1. The van der Waals surface area contributed by atoms with Crippen molar-refractivity contribution in [2.24, 2.45) is 0 Å². The molecule has 1 aromatic rings. The third-order valence-electron chi connectivity index (χ3n) is 3.20. The zero-order valence-electron chi connectivity index (χ0n) is 12.0. The van der Waals surface area contributed by atoms with Crippen molar-refractivity contribution in [2.45, 2.75) is 31.9 Å². The molecule has 0 bridgehead atoms. The van der Waals surface area contributed by atoms with E-state index in [0.717, 1.165) is 18.5 Å². The van der Waals surface area contributed by atoms with Crippen molar-refractivity contribution in [3.63, 3.8) is 0 Å². The highest BCUT2D eigenvalue weighted by atomic mass is 16.3. The predicted octanol–water partition coefficient (Wildman–Crippen LogP) is 1.82. The standard InChI is InChI=1S/C15H26N2O/c1-13(10-11-17(3)4)16-12-15(2,18)14-8-6-5-7-9-14/h5-9,13,16,18H,10-12H2,1-4H3. The van der Waals surface area contributed by atoms with Gasteiger partial charge in [0.15, 0.2) is 0 Å². The zero-order valence-corrected chi connectivity index (χ0v) is 12.0. The Labute approximate surface area is 111 Å². The van der Waals surface area contributed by atoms with Gasteiger partial charge in [-0.15, -0.1) is 0 Å². The molecule has 0 aliphatic rings. The highest BCUT2D eigenvalue weighted by Gasteiger charge is 2.22. The van der Waals surface area contributed by atoms with Gasteiger partial charge in [-0.25, -0.2) is 0 Å². The second kappa shape index (κ2) is 6.88. The molecule has 0 fully saturated rings. The maximum Gasteiger partial charge on any atom is 0.0992 e. The molecule has 1 rings (SSSR count). The summed E-state index contributed by atoms with van der Waals surface area (Å²) in [7, 11) is 4.15. The van der Waals surface area contributed by atoms with E-state index >= 15 is 0 Å². The topological polar surface area (TPSA) is 35.5 Å². The van der Waals surface area contributed by atoms with Crippen LogP contribution in [0, 0.1) is 0 Å². The third-order valence-corrected chi connectivity index (χ3v) is 3.20. The van der Waals surface area contributed by atoms with E-state index in [-0.39, 0.29) is 0 Å². The first kappa shape index (κ1) is 15.2. The minimum Gasteiger partial charge on any atom is -0.384 e. The fourth-order valence-electron chi connectivity index (χ4n) is 1.83. The Morgan fingerprint density at radius 3 is 2.44 bits per heavy atom. The van der Waals surface area contributed by atoms with Crippen LogP contribution in [-0.2, 0) is 5.60 Å². The summed E-state index contributed by atoms with van der Waals surface area (Å²) in [5, 5.41) is 13.8. The number of benzene rings is 1. The Kier molecular flexibility index (Phi) is 5.79. The number of hydrogen-bond donors (Lipinski definition) is 2. The van der Waals surface area contributed by atoms with E-state index < -0.39 is 5.60 Å². The molecule has 102 valence electrons. The van der Waals surface area contributed by atoms with E-state index in [9.17, 15) is 5.11 Å². The molecule has 0 heterocycles. The van der Waals surface area contributed by atoms with Gasteiger partial charge in [0.25, 0.3) is 0 Å². The zero-order chi connectivity index (χ0) is 13.6. The van der Waals surface area contributed by atoms with E-state index in [1.54, 1.807) is 0 Å². The molecular formula is C15H26N2O. The van der Waals surface area contributed by atoms with Crippen LogP contribution in [0.1, 0.15) is 25.8 Å². The van der Waals surface area contributed by atoms with Crippen LogP contribution >= 0.6 is 0 Å². The van der Waals surface area contributed by atoms with Crippen molar-refractivity contribution < 1.29 is 5.11 Å². The lowest BCUT2D eigenvalue weighted by Crippen LogP contribution is -2.40. The summed E-state index contributed by atoms with van der Waals surface area (Å²) in [6, 6.07) is 10.2. The maximum absolute atomic E-state index is 10.4. The van der Waals surface area contributed by atoms with Crippen LogP contribution in [0.25, 0.3) is 0 Å². The SMILES string of the molecule is CC(CCN(C)C)NCC(C)(O)c1ccccc1. The van der Waals surface area contributed by atoms with Gasteiger partial charge >= 0.3 is 0 Å². The van der Waals surface area contributed by atoms with Gasteiger partial charge in [0.05, 0.1) is 5.60 Å². The second-order valence-electron chi connectivity index (χ2n) is 5.51. The van der Waals surface area contributed by atoms with Crippen molar-refractivity contribution >= 4 is 0 Å². The molecule has 0 amide bonds. The highest BCUT2D eigenvalue weighted by Crippen LogP contribution is 2.19. The number of nitrogens with zero attached hydrogens (tertiary/aromatic N) is 1. The largest absolute Gasteiger partial charge is 0.384 e. The predicted molar refractivity (Wildman–Crippen MR) is 76.6 cm³/mol. The summed E-state index contributed by atoms with van der Waals surface area (Å²) >= 11 is 0. The first-order valence-corrected chi connectivity index (χ1v) is 6.58. The Balaban J connectivity index is 2.42. The van der Waals surface area contributed by atoms with Gasteiger partial charge in [-0.05, 0) is 46.5 Å². The first-order chi connectivity index (χ1) is 8.42. The Morgan fingerprint density at radius 2 is 1.89 bits per heavy atom. The van der Waals surface area contributed by atoms with Gasteiger partial charge < -0.3 is 15.3 Å². The maximum atomic E-state index is 10.4. The molecular weight excluding hydrogens is 224 g/mol. The fourth-order valence-corrected chi connectivity index (χ4v) is 1.83. The number of rotatable bonds is 7. The average molecular weight is 250 g/mol. The van der Waals surface area contributed by atoms with Gasteiger partial charge in [-0.2, -0.15) is 0 Å². The molecule has 18 heavy (non-hydrogen) atoms. The molecule has 0 saturated heterocycles. The molecule has 2 N–H and O–H groups in total. The summed E-state index contributed by atoms with van der Waals surface area (Å²) in [5.74, 6) is 0. The summed E-state index contributed by atoms with van der Waals surface area (Å²) in [6.45, 7) is 5.64. The van der Waals surface area contributed by atoms with Crippen LogP contribution in [0.4, 0.5) is 0 Å². The average Bonchev–Trinajstić information content (AvgIpc) is 2.35. The normalized spacial score (nSPS) is 16.6. The quantitative estimate of drug-likeness (QED) is 0.775. The van der Waals surface area contributed by atoms with Crippen molar-refractivity contribution in [3.05, 3.63) is 35.9 Å². The second-order valence-corrected chi connectivity index (χ2v) is 5.51. The summed E-state index contributed by atoms with van der Waals surface area (Å²) in [4.78, 5) is 2.17. The molecule has 1 aromatic carbocycles. The monoisotopic (exact) mass is 250 g/mol. The molecule has 2 atom stereocenters. The van der Waals surface area contributed by atoms with Crippen molar-refractivity contribution in [1.29, 1.82) is 0 Å². The van der Waals surface area contributed by atoms with Crippen LogP contribution in [-0.4, -0.2) is 43.2 Å². The lowest BCUT2D eigenvalue weighted by atomic mass is 9.96. The van der Waals surface area contributed by atoms with Gasteiger partial charge in [0.1, 0.15) is 0 Å². The van der Waals surface area contributed by atoms with E-state index in [1.165, 1.54) is 0 Å². The summed E-state index contributed by atoms with van der Waals surface area (Å²) < 4.78 is 0. The van der Waals surface area contributed by atoms with Crippen molar-refractivity contribution in [2.75, 3.05) is 27.2 Å². The molecule has 3 heteroatoms. The summed E-state index contributed by atoms with van der Waals surface area (Å²) in [5.41, 5.74) is 0.144. The smallest absolute Gasteiger partial charge is 0.0992 e. The summed E-state index contributed by atoms with van der Waals surface area (Å²) in [6.07, 6.45) is 1.08. The lowest BCUT2D eigenvalue weighted by Gasteiger charge is -2.27. The van der Waals surface area contributed by atoms with Gasteiger partial charge in [0, 0.05) is 12.6 Å². The third kappa shape index (κ3) is 5.17. The highest BCUT2D eigenvalue weighted by molar-refractivity contribution is 5.21. The molecule has 0 radical (unpaired) electrons. The molecule has 0 aliphatic carbocycles. The molecule has 0 aliphatic heterocycles. The van der Waals surface area contributed by atoms with E-state index in [0.29, 0.717) is 12.6 Å². The molecule has 0 saturated carbocycles. The van der Waals surface area contributed by atoms with E-state index in [4.69, 9.17) is 0 Å². The van der Waals surface area contributed by atoms with E-state index in [1.807, 2.05) is 37.3 Å². The Morgan fingerprint density at radius 1 is 1.28 bits per heavy atom. The van der Waals surface area contributed by atoms with Gasteiger partial charge in [0.2, 0.25) is 0 Å². The Hall–Kier alpha value is -0.900. The molecule has 3 nitrogen and oxygen atoms in total. The van der Waals surface area contributed by atoms with Crippen LogP contribution in [0.2, 0.25) is 0 Å². The molecule has 2 unspecified atom stereocenters. The Bertz CT molecular complexity index is 336. The van der Waals surface area contributed by atoms with Crippen molar-refractivity contribution in [3.8, 4) is 0 Å².